The summed E-state index contributed by atoms with van der Waals surface area (Å²) < 4.78 is 31.8. The number of carboxylic acid groups (broad SMARTS) is 1. The molecule has 0 aliphatic rings. The Morgan fingerprint density at radius 3 is 2.46 bits per heavy atom. The Morgan fingerprint density at radius 2 is 1.85 bits per heavy atom. The van der Waals surface area contributed by atoms with Gasteiger partial charge in [-0.05, 0) is 24.3 Å². The molecule has 1 aromatic heterocycles. The number of nitrogens with one attached hydrogen (secondary N) is 2. The second-order valence-corrected chi connectivity index (χ2v) is 6.42. The number of anilines is 2. The highest BCUT2D eigenvalue weighted by Gasteiger charge is 2.15. The third kappa shape index (κ3) is 5.27. The number of hydrogen-bond acceptors (Lipinski definition) is 7. The highest BCUT2D eigenvalue weighted by molar-refractivity contribution is 7.92. The normalized spacial score (nSPS) is 11.1. The van der Waals surface area contributed by atoms with Crippen LogP contribution < -0.4 is 14.8 Å². The van der Waals surface area contributed by atoms with Gasteiger partial charge in [0.25, 0.3) is 10.0 Å². The van der Waals surface area contributed by atoms with Crippen LogP contribution in [0.1, 0.15) is 0 Å². The van der Waals surface area contributed by atoms with Crippen LogP contribution in [-0.4, -0.2) is 42.5 Å². The number of carbonyl (C=O) groups excluding carboxylic acids is 1. The molecule has 3 N–H and O–H groups in total. The molecule has 0 radical (unpaired) electrons. The maximum absolute atomic E-state index is 12.3. The van der Waals surface area contributed by atoms with Crippen LogP contribution in [0.2, 0.25) is 0 Å². The first-order valence-electron chi connectivity index (χ1n) is 7.01. The maximum Gasteiger partial charge on any atom is 0.328 e. The smallest absolute Gasteiger partial charge is 0.328 e. The van der Waals surface area contributed by atoms with E-state index in [1.807, 2.05) is 0 Å². The van der Waals surface area contributed by atoms with Gasteiger partial charge in [-0.2, -0.15) is 0 Å². The number of aliphatic carboxylic acids is 1. The van der Waals surface area contributed by atoms with Gasteiger partial charge in [0.05, 0.1) is 12.0 Å². The number of aromatic nitrogens is 2. The number of hydrogen-bond donors (Lipinski definition) is 3. The number of carboxylic acids is 1. The van der Waals surface area contributed by atoms with Crippen LogP contribution in [0.15, 0.2) is 53.7 Å². The standard InChI is InChI=1S/C15H14N4O6S/c1-25-14-8-12(16-9-17-14)19-26(23,24)11-4-2-10(3-5-11)18-13(20)6-7-15(21)22/h2-9H,1H3,(H,18,20)(H,21,22)(H,16,17,19)/b7-6+. The van der Waals surface area contributed by atoms with Gasteiger partial charge in [-0.3, -0.25) is 9.52 Å². The van der Waals surface area contributed by atoms with E-state index in [-0.39, 0.29) is 16.6 Å². The van der Waals surface area contributed by atoms with E-state index in [0.29, 0.717) is 11.8 Å². The van der Waals surface area contributed by atoms with Crippen LogP contribution in [0.25, 0.3) is 0 Å². The average molecular weight is 378 g/mol. The number of nitrogens with zero attached hydrogens (tertiary/aromatic N) is 2. The molecular formula is C15H14N4O6S. The van der Waals surface area contributed by atoms with Crippen LogP contribution in [0, 0.1) is 0 Å². The van der Waals surface area contributed by atoms with Crippen molar-refractivity contribution < 1.29 is 27.9 Å². The lowest BCUT2D eigenvalue weighted by Crippen LogP contribution is -2.14. The van der Waals surface area contributed by atoms with Gasteiger partial charge >= 0.3 is 5.97 Å². The third-order valence-electron chi connectivity index (χ3n) is 2.90. The first-order valence-corrected chi connectivity index (χ1v) is 8.49. The molecule has 26 heavy (non-hydrogen) atoms. The summed E-state index contributed by atoms with van der Waals surface area (Å²) in [7, 11) is -2.52. The van der Waals surface area contributed by atoms with E-state index in [2.05, 4.69) is 20.0 Å². The van der Waals surface area contributed by atoms with E-state index in [4.69, 9.17) is 9.84 Å². The second kappa shape index (κ2) is 8.07. The number of amides is 1. The summed E-state index contributed by atoms with van der Waals surface area (Å²) in [4.78, 5) is 29.3. The Kier molecular flexibility index (Phi) is 5.86. The number of methoxy groups -OCH3 is 1. The van der Waals surface area contributed by atoms with Crippen molar-refractivity contribution in [3.05, 3.63) is 48.8 Å². The van der Waals surface area contributed by atoms with Gasteiger partial charge in [-0.15, -0.1) is 0 Å². The summed E-state index contributed by atoms with van der Waals surface area (Å²) in [6.07, 6.45) is 2.69. The van der Waals surface area contributed by atoms with Crippen molar-refractivity contribution in [1.82, 2.24) is 9.97 Å². The zero-order chi connectivity index (χ0) is 19.2. The minimum absolute atomic E-state index is 0.0352. The molecule has 0 saturated heterocycles. The summed E-state index contributed by atoms with van der Waals surface area (Å²) in [6.45, 7) is 0. The fourth-order valence-electron chi connectivity index (χ4n) is 1.75. The van der Waals surface area contributed by atoms with Crippen molar-refractivity contribution in [3.8, 4) is 5.88 Å². The minimum Gasteiger partial charge on any atom is -0.481 e. The summed E-state index contributed by atoms with van der Waals surface area (Å²) in [5.41, 5.74) is 0.299. The SMILES string of the molecule is COc1cc(NS(=O)(=O)c2ccc(NC(=O)/C=C/C(=O)O)cc2)ncn1. The lowest BCUT2D eigenvalue weighted by molar-refractivity contribution is -0.131. The minimum atomic E-state index is -3.91. The molecule has 0 fully saturated rings. The maximum atomic E-state index is 12.3. The fourth-order valence-corrected chi connectivity index (χ4v) is 2.75. The molecule has 136 valence electrons. The van der Waals surface area contributed by atoms with Crippen LogP contribution in [0.5, 0.6) is 5.88 Å². The van der Waals surface area contributed by atoms with Crippen LogP contribution >= 0.6 is 0 Å². The van der Waals surface area contributed by atoms with Gasteiger partial charge in [0.15, 0.2) is 0 Å². The van der Waals surface area contributed by atoms with Crippen molar-refractivity contribution in [1.29, 1.82) is 0 Å². The molecule has 0 saturated carbocycles. The van der Waals surface area contributed by atoms with Gasteiger partial charge in [0.2, 0.25) is 11.8 Å². The van der Waals surface area contributed by atoms with Gasteiger partial charge in [-0.1, -0.05) is 0 Å². The predicted molar refractivity (Wildman–Crippen MR) is 91.2 cm³/mol. The first kappa shape index (κ1) is 18.9. The van der Waals surface area contributed by atoms with Crippen LogP contribution in [0.4, 0.5) is 11.5 Å². The molecule has 1 heterocycles. The molecule has 0 bridgehead atoms. The molecule has 1 amide bonds. The Balaban J connectivity index is 2.10. The lowest BCUT2D eigenvalue weighted by Gasteiger charge is -2.09. The van der Waals surface area contributed by atoms with Crippen molar-refractivity contribution in [2.75, 3.05) is 17.1 Å². The van der Waals surface area contributed by atoms with Crippen molar-refractivity contribution >= 4 is 33.4 Å². The number of carbonyl (C=O) groups is 2. The summed E-state index contributed by atoms with van der Waals surface area (Å²) in [5, 5.41) is 10.9. The molecule has 2 rings (SSSR count). The largest absolute Gasteiger partial charge is 0.481 e. The molecule has 0 spiro atoms. The van der Waals surface area contributed by atoms with Gasteiger partial charge < -0.3 is 15.2 Å². The Hall–Kier alpha value is -3.47. The molecule has 2 aromatic rings. The van der Waals surface area contributed by atoms with E-state index in [9.17, 15) is 18.0 Å². The Morgan fingerprint density at radius 1 is 1.15 bits per heavy atom. The highest BCUT2D eigenvalue weighted by atomic mass is 32.2. The van der Waals surface area contributed by atoms with E-state index in [1.54, 1.807) is 0 Å². The quantitative estimate of drug-likeness (QED) is 0.601. The van der Waals surface area contributed by atoms with Crippen molar-refractivity contribution in [2.24, 2.45) is 0 Å². The summed E-state index contributed by atoms with van der Waals surface area (Å²) >= 11 is 0. The van der Waals surface area contributed by atoms with Crippen molar-refractivity contribution in [3.63, 3.8) is 0 Å². The number of ether oxygens (including phenoxy) is 1. The zero-order valence-electron chi connectivity index (χ0n) is 13.4. The molecule has 1 aromatic carbocycles. The van der Waals surface area contributed by atoms with Gasteiger partial charge in [-0.25, -0.2) is 23.2 Å². The lowest BCUT2D eigenvalue weighted by atomic mass is 10.3. The molecule has 11 heteroatoms. The fraction of sp³-hybridized carbons (Fsp3) is 0.0667. The Bertz CT molecular complexity index is 941. The first-order chi connectivity index (χ1) is 12.3. The number of rotatable bonds is 7. The highest BCUT2D eigenvalue weighted by Crippen LogP contribution is 2.18. The molecule has 0 atom stereocenters. The molecular weight excluding hydrogens is 364 g/mol. The van der Waals surface area contributed by atoms with E-state index >= 15 is 0 Å². The summed E-state index contributed by atoms with van der Waals surface area (Å²) in [5.74, 6) is -1.68. The second-order valence-electron chi connectivity index (χ2n) is 4.74. The molecule has 10 nitrogen and oxygen atoms in total. The third-order valence-corrected chi connectivity index (χ3v) is 4.27. The van der Waals surface area contributed by atoms with Gasteiger partial charge in [0, 0.05) is 23.9 Å². The van der Waals surface area contributed by atoms with Crippen LogP contribution in [-0.2, 0) is 19.6 Å². The molecule has 0 aliphatic heterocycles. The average Bonchev–Trinajstić information content (AvgIpc) is 2.60. The number of sulfonamides is 1. The molecule has 0 unspecified atom stereocenters. The topological polar surface area (TPSA) is 148 Å². The monoisotopic (exact) mass is 378 g/mol. The van der Waals surface area contributed by atoms with E-state index < -0.39 is 21.9 Å². The number of benzene rings is 1. The van der Waals surface area contributed by atoms with E-state index in [1.165, 1.54) is 37.4 Å². The van der Waals surface area contributed by atoms with Gasteiger partial charge in [0.1, 0.15) is 12.1 Å². The Labute approximate surface area is 148 Å². The molecule has 0 aliphatic carbocycles. The predicted octanol–water partition coefficient (Wildman–Crippen LogP) is 0.865. The van der Waals surface area contributed by atoms with Crippen molar-refractivity contribution in [2.45, 2.75) is 4.90 Å². The zero-order valence-corrected chi connectivity index (χ0v) is 14.2. The van der Waals surface area contributed by atoms with E-state index in [0.717, 1.165) is 12.4 Å². The summed E-state index contributed by atoms with van der Waals surface area (Å²) in [6, 6.07) is 6.60. The van der Waals surface area contributed by atoms with Crippen LogP contribution in [0.3, 0.4) is 0 Å².